The molecular weight excluding hydrogens is 385 g/mol. The number of H-pyrrole nitrogens is 1. The van der Waals surface area contributed by atoms with Crippen LogP contribution in [0.1, 0.15) is 17.5 Å². The van der Waals surface area contributed by atoms with Crippen LogP contribution in [0.4, 0.5) is 4.39 Å². The zero-order valence-corrected chi connectivity index (χ0v) is 15.7. The second kappa shape index (κ2) is 6.58. The Kier molecular flexibility index (Phi) is 4.05. The number of fused-ring (bicyclic) bond motifs is 3. The van der Waals surface area contributed by atoms with E-state index in [9.17, 15) is 9.18 Å². The van der Waals surface area contributed by atoms with E-state index in [0.717, 1.165) is 29.0 Å². The van der Waals surface area contributed by atoms with Crippen molar-refractivity contribution in [3.8, 4) is 11.4 Å². The summed E-state index contributed by atoms with van der Waals surface area (Å²) in [6.07, 6.45) is 4.94. The van der Waals surface area contributed by atoms with Crippen LogP contribution < -0.4 is 5.56 Å². The van der Waals surface area contributed by atoms with Gasteiger partial charge in [-0.1, -0.05) is 12.1 Å². The number of rotatable bonds is 3. The average molecular weight is 399 g/mol. The molecule has 6 nitrogen and oxygen atoms in total. The van der Waals surface area contributed by atoms with Crippen LogP contribution in [-0.4, -0.2) is 30.5 Å². The van der Waals surface area contributed by atoms with Crippen molar-refractivity contribution in [2.75, 3.05) is 5.75 Å². The molecule has 1 aliphatic heterocycles. The molecule has 0 atom stereocenters. The van der Waals surface area contributed by atoms with E-state index in [0.29, 0.717) is 28.9 Å². The van der Waals surface area contributed by atoms with Gasteiger partial charge in [-0.3, -0.25) is 4.79 Å². The summed E-state index contributed by atoms with van der Waals surface area (Å²) in [6.45, 7) is 0.296. The van der Waals surface area contributed by atoms with Gasteiger partial charge in [-0.2, -0.15) is 5.10 Å². The van der Waals surface area contributed by atoms with Crippen LogP contribution in [0.2, 0.25) is 0 Å². The molecule has 4 heterocycles. The molecule has 0 saturated carbocycles. The van der Waals surface area contributed by atoms with Crippen molar-refractivity contribution >= 4 is 33.3 Å². The van der Waals surface area contributed by atoms with Crippen molar-refractivity contribution in [3.63, 3.8) is 0 Å². The number of hydrogen-bond donors (Lipinski definition) is 1. The molecule has 3 aromatic heterocycles. The lowest BCUT2D eigenvalue weighted by molar-refractivity contribution is 0.585. The molecule has 0 spiro atoms. The normalized spacial score (nSPS) is 13.8. The van der Waals surface area contributed by atoms with Crippen LogP contribution in [0, 0.1) is 5.82 Å². The lowest BCUT2D eigenvalue weighted by Gasteiger charge is -2.09. The van der Waals surface area contributed by atoms with Gasteiger partial charge in [-0.15, -0.1) is 23.1 Å². The monoisotopic (exact) mass is 399 g/mol. The van der Waals surface area contributed by atoms with E-state index in [1.54, 1.807) is 39.9 Å². The van der Waals surface area contributed by atoms with Crippen LogP contribution in [0.3, 0.4) is 0 Å². The Hall–Kier alpha value is -2.52. The van der Waals surface area contributed by atoms with Crippen LogP contribution in [0.15, 0.2) is 39.9 Å². The first-order valence-corrected chi connectivity index (χ1v) is 10.3. The number of aromatic amines is 1. The van der Waals surface area contributed by atoms with Gasteiger partial charge in [0.15, 0.2) is 0 Å². The Labute approximate surface area is 161 Å². The van der Waals surface area contributed by atoms with E-state index < -0.39 is 0 Å². The van der Waals surface area contributed by atoms with Gasteiger partial charge in [0.1, 0.15) is 29.1 Å². The maximum absolute atomic E-state index is 14.5. The van der Waals surface area contributed by atoms with E-state index in [-0.39, 0.29) is 11.4 Å². The number of benzene rings is 1. The lowest BCUT2D eigenvalue weighted by Crippen LogP contribution is -2.11. The lowest BCUT2D eigenvalue weighted by atomic mass is 10.1. The Morgan fingerprint density at radius 2 is 2.26 bits per heavy atom. The number of aryl methyl sites for hydroxylation is 1. The zero-order chi connectivity index (χ0) is 18.4. The molecule has 5 rings (SSSR count). The van der Waals surface area contributed by atoms with Crippen molar-refractivity contribution < 1.29 is 4.39 Å². The molecule has 1 N–H and O–H groups in total. The van der Waals surface area contributed by atoms with Crippen molar-refractivity contribution in [1.29, 1.82) is 0 Å². The zero-order valence-electron chi connectivity index (χ0n) is 14.1. The molecule has 0 amide bonds. The second-order valence-electron chi connectivity index (χ2n) is 6.31. The number of hydrogen-bond acceptors (Lipinski definition) is 6. The van der Waals surface area contributed by atoms with Gasteiger partial charge >= 0.3 is 0 Å². The Balaban J connectivity index is 1.55. The van der Waals surface area contributed by atoms with Crippen molar-refractivity contribution in [2.45, 2.75) is 23.6 Å². The van der Waals surface area contributed by atoms with Gasteiger partial charge in [-0.25, -0.2) is 19.0 Å². The number of aromatic nitrogens is 5. The van der Waals surface area contributed by atoms with Gasteiger partial charge < -0.3 is 4.98 Å². The third kappa shape index (κ3) is 2.96. The summed E-state index contributed by atoms with van der Waals surface area (Å²) in [6, 6.07) is 4.85. The Morgan fingerprint density at radius 1 is 1.33 bits per heavy atom. The number of thiophene rings is 1. The minimum atomic E-state index is -0.369. The summed E-state index contributed by atoms with van der Waals surface area (Å²) in [5.41, 5.74) is 2.01. The van der Waals surface area contributed by atoms with E-state index in [1.165, 1.54) is 22.9 Å². The molecule has 0 bridgehead atoms. The molecule has 1 aliphatic rings. The molecule has 0 saturated heterocycles. The highest BCUT2D eigenvalue weighted by molar-refractivity contribution is 8.01. The number of nitrogens with one attached hydrogen (secondary N) is 1. The van der Waals surface area contributed by atoms with Crippen molar-refractivity contribution in [3.05, 3.63) is 58.2 Å². The minimum Gasteiger partial charge on any atom is -0.306 e. The van der Waals surface area contributed by atoms with Gasteiger partial charge in [0.25, 0.3) is 5.56 Å². The highest BCUT2D eigenvalue weighted by Crippen LogP contribution is 2.40. The first-order chi connectivity index (χ1) is 13.2. The van der Waals surface area contributed by atoms with Gasteiger partial charge in [0, 0.05) is 11.1 Å². The van der Waals surface area contributed by atoms with E-state index in [4.69, 9.17) is 0 Å². The van der Waals surface area contributed by atoms with E-state index in [1.807, 2.05) is 0 Å². The summed E-state index contributed by atoms with van der Waals surface area (Å²) in [5.74, 6) is 1.09. The van der Waals surface area contributed by atoms with Gasteiger partial charge in [-0.05, 0) is 30.2 Å². The van der Waals surface area contributed by atoms with Crippen LogP contribution in [-0.2, 0) is 13.0 Å². The standard InChI is InChI=1S/C18H14FN5OS2/c19-13-6-10(3-4-11(13)7-24-9-20-8-21-24)15-22-16(25)14-12-2-1-5-26-18(12)27-17(14)23-15/h3-4,6,8-9H,1-2,5,7H2,(H,22,23,25). The van der Waals surface area contributed by atoms with Crippen molar-refractivity contribution in [2.24, 2.45) is 0 Å². The Morgan fingerprint density at radius 3 is 3.07 bits per heavy atom. The quantitative estimate of drug-likeness (QED) is 0.571. The maximum atomic E-state index is 14.5. The summed E-state index contributed by atoms with van der Waals surface area (Å²) < 4.78 is 17.3. The van der Waals surface area contributed by atoms with E-state index in [2.05, 4.69) is 20.1 Å². The summed E-state index contributed by atoms with van der Waals surface area (Å²) in [4.78, 5) is 24.7. The SMILES string of the molecule is O=c1[nH]c(-c2ccc(Cn3cncn3)c(F)c2)nc2sc3c(c12)CCCS3. The molecule has 136 valence electrons. The molecule has 27 heavy (non-hydrogen) atoms. The average Bonchev–Trinajstić information content (AvgIpc) is 3.30. The van der Waals surface area contributed by atoms with Crippen LogP contribution >= 0.6 is 23.1 Å². The summed E-state index contributed by atoms with van der Waals surface area (Å²) >= 11 is 3.34. The minimum absolute atomic E-state index is 0.151. The molecule has 1 aromatic carbocycles. The number of nitrogens with zero attached hydrogens (tertiary/aromatic N) is 4. The molecule has 0 fully saturated rings. The first-order valence-electron chi connectivity index (χ1n) is 8.49. The van der Waals surface area contributed by atoms with Crippen LogP contribution in [0.25, 0.3) is 21.6 Å². The third-order valence-electron chi connectivity index (χ3n) is 4.55. The summed E-state index contributed by atoms with van der Waals surface area (Å²) in [5, 5.41) is 4.68. The fourth-order valence-electron chi connectivity index (χ4n) is 3.25. The second-order valence-corrected chi connectivity index (χ2v) is 8.68. The van der Waals surface area contributed by atoms with Gasteiger partial charge in [0.05, 0.1) is 16.1 Å². The highest BCUT2D eigenvalue weighted by atomic mass is 32.2. The maximum Gasteiger partial charge on any atom is 0.260 e. The van der Waals surface area contributed by atoms with E-state index >= 15 is 0 Å². The molecular formula is C18H14FN5OS2. The smallest absolute Gasteiger partial charge is 0.260 e. The predicted molar refractivity (Wildman–Crippen MR) is 104 cm³/mol. The van der Waals surface area contributed by atoms with Crippen molar-refractivity contribution in [1.82, 2.24) is 24.7 Å². The Bertz CT molecular complexity index is 1200. The number of thioether (sulfide) groups is 1. The van der Waals surface area contributed by atoms with Crippen LogP contribution in [0.5, 0.6) is 0 Å². The highest BCUT2D eigenvalue weighted by Gasteiger charge is 2.20. The molecule has 4 aromatic rings. The molecule has 0 radical (unpaired) electrons. The number of halogens is 1. The summed E-state index contributed by atoms with van der Waals surface area (Å²) in [7, 11) is 0. The third-order valence-corrected chi connectivity index (χ3v) is 7.08. The predicted octanol–water partition coefficient (Wildman–Crippen LogP) is 3.47. The first kappa shape index (κ1) is 16.6. The fraction of sp³-hybridized carbons (Fsp3) is 0.222. The fourth-order valence-corrected chi connectivity index (χ4v) is 5.78. The molecule has 0 unspecified atom stereocenters. The molecule has 9 heteroatoms. The largest absolute Gasteiger partial charge is 0.306 e. The molecule has 0 aliphatic carbocycles. The topological polar surface area (TPSA) is 76.5 Å². The van der Waals surface area contributed by atoms with Gasteiger partial charge in [0.2, 0.25) is 0 Å².